The van der Waals surface area contributed by atoms with Crippen LogP contribution in [0.5, 0.6) is 0 Å². The zero-order chi connectivity index (χ0) is 20.2. The minimum Gasteiger partial charge on any atom is -0.383 e. The van der Waals surface area contributed by atoms with Gasteiger partial charge < -0.3 is 9.72 Å². The number of nitrogens with one attached hydrogen (secondary N) is 1. The van der Waals surface area contributed by atoms with Crippen LogP contribution < -0.4 is 0 Å². The molecule has 0 spiro atoms. The topological polar surface area (TPSA) is 85.7 Å². The molecule has 1 atom stereocenters. The van der Waals surface area contributed by atoms with E-state index in [0.717, 1.165) is 22.3 Å². The Hall–Kier alpha value is -2.97. The van der Waals surface area contributed by atoms with Gasteiger partial charge in [0.15, 0.2) is 16.8 Å². The summed E-state index contributed by atoms with van der Waals surface area (Å²) in [6, 6.07) is 11.6. The molecule has 0 aliphatic rings. The molecule has 3 heterocycles. The summed E-state index contributed by atoms with van der Waals surface area (Å²) in [5.74, 6) is 0.790. The number of methoxy groups -OCH3 is 1. The molecule has 8 heteroatoms. The lowest BCUT2D eigenvalue weighted by molar-refractivity contribution is 0.0995. The average Bonchev–Trinajstić information content (AvgIpc) is 3.36. The molecule has 4 aromatic rings. The second-order valence-electron chi connectivity index (χ2n) is 6.56. The van der Waals surface area contributed by atoms with Crippen LogP contribution in [0.15, 0.2) is 60.1 Å². The number of aromatic amines is 1. The third-order valence-corrected chi connectivity index (χ3v) is 5.76. The molecule has 3 aromatic heterocycles. The van der Waals surface area contributed by atoms with E-state index >= 15 is 0 Å². The molecular weight excluding hydrogens is 386 g/mol. The van der Waals surface area contributed by atoms with E-state index in [1.54, 1.807) is 25.7 Å². The van der Waals surface area contributed by atoms with Crippen LogP contribution in [-0.4, -0.2) is 49.5 Å². The molecule has 0 aliphatic carbocycles. The number of H-pyrrole nitrogens is 1. The number of aromatic nitrogens is 5. The monoisotopic (exact) mass is 407 g/mol. The number of ketones is 1. The van der Waals surface area contributed by atoms with Crippen LogP contribution in [0.2, 0.25) is 0 Å². The van der Waals surface area contributed by atoms with Gasteiger partial charge in [0.05, 0.1) is 18.4 Å². The predicted octanol–water partition coefficient (Wildman–Crippen LogP) is 3.83. The average molecular weight is 407 g/mol. The minimum absolute atomic E-state index is 0.0548. The van der Waals surface area contributed by atoms with E-state index in [-0.39, 0.29) is 11.0 Å². The van der Waals surface area contributed by atoms with Gasteiger partial charge in [-0.3, -0.25) is 14.3 Å². The third-order valence-electron chi connectivity index (χ3n) is 4.68. The smallest absolute Gasteiger partial charge is 0.192 e. The van der Waals surface area contributed by atoms with Crippen LogP contribution in [0.4, 0.5) is 0 Å². The number of fused-ring (bicyclic) bond motifs is 1. The molecule has 0 saturated carbocycles. The first-order chi connectivity index (χ1) is 14.2. The predicted molar refractivity (Wildman–Crippen MR) is 113 cm³/mol. The number of hydrogen-bond acceptors (Lipinski definition) is 6. The normalized spacial score (nSPS) is 12.3. The molecule has 0 saturated heterocycles. The molecule has 0 fully saturated rings. The van der Waals surface area contributed by atoms with Crippen LogP contribution >= 0.6 is 11.8 Å². The Kier molecular flexibility index (Phi) is 5.73. The van der Waals surface area contributed by atoms with Gasteiger partial charge in [0.2, 0.25) is 0 Å². The number of pyridine rings is 1. The zero-order valence-electron chi connectivity index (χ0n) is 16.2. The number of Topliss-reactive ketones (excluding diaryl/α,β-unsaturated/α-hetero) is 1. The van der Waals surface area contributed by atoms with Gasteiger partial charge in [-0.15, -0.1) is 10.2 Å². The largest absolute Gasteiger partial charge is 0.383 e. The molecule has 29 heavy (non-hydrogen) atoms. The molecule has 4 rings (SSSR count). The lowest BCUT2D eigenvalue weighted by atomic mass is 10.1. The van der Waals surface area contributed by atoms with Crippen LogP contribution in [-0.2, 0) is 11.3 Å². The van der Waals surface area contributed by atoms with Gasteiger partial charge >= 0.3 is 0 Å². The fraction of sp³-hybridized carbons (Fsp3) is 0.238. The van der Waals surface area contributed by atoms with Crippen molar-refractivity contribution in [2.24, 2.45) is 0 Å². The summed E-state index contributed by atoms with van der Waals surface area (Å²) in [4.78, 5) is 20.3. The highest BCUT2D eigenvalue weighted by Crippen LogP contribution is 2.29. The van der Waals surface area contributed by atoms with Gasteiger partial charge in [-0.05, 0) is 25.1 Å². The number of para-hydroxylation sites is 1. The quantitative estimate of drug-likeness (QED) is 0.353. The molecule has 1 aromatic carbocycles. The number of nitrogens with zero attached hydrogens (tertiary/aromatic N) is 4. The Morgan fingerprint density at radius 2 is 2.00 bits per heavy atom. The van der Waals surface area contributed by atoms with Crippen LogP contribution in [0.1, 0.15) is 17.3 Å². The molecule has 0 bridgehead atoms. The van der Waals surface area contributed by atoms with E-state index in [1.807, 2.05) is 47.9 Å². The zero-order valence-corrected chi connectivity index (χ0v) is 17.0. The number of carbonyl (C=O) groups is 1. The van der Waals surface area contributed by atoms with Crippen molar-refractivity contribution in [3.8, 4) is 11.4 Å². The molecular formula is C21H21N5O2S. The van der Waals surface area contributed by atoms with Crippen molar-refractivity contribution in [2.75, 3.05) is 13.7 Å². The van der Waals surface area contributed by atoms with E-state index < -0.39 is 0 Å². The van der Waals surface area contributed by atoms with E-state index in [0.29, 0.717) is 23.9 Å². The first-order valence-corrected chi connectivity index (χ1v) is 10.2. The molecule has 1 N–H and O–H groups in total. The number of rotatable bonds is 8. The molecule has 0 unspecified atom stereocenters. The number of hydrogen-bond donors (Lipinski definition) is 1. The second kappa shape index (κ2) is 8.59. The maximum atomic E-state index is 13.1. The molecule has 0 amide bonds. The van der Waals surface area contributed by atoms with E-state index in [1.165, 1.54) is 11.8 Å². The van der Waals surface area contributed by atoms with Crippen molar-refractivity contribution in [2.45, 2.75) is 23.9 Å². The van der Waals surface area contributed by atoms with Gasteiger partial charge in [0.1, 0.15) is 0 Å². The fourth-order valence-corrected chi connectivity index (χ4v) is 4.12. The van der Waals surface area contributed by atoms with Gasteiger partial charge in [0.25, 0.3) is 0 Å². The molecule has 0 aliphatic heterocycles. The summed E-state index contributed by atoms with van der Waals surface area (Å²) in [5, 5.41) is 10.0. The van der Waals surface area contributed by atoms with Crippen LogP contribution in [0.25, 0.3) is 22.3 Å². The molecule has 7 nitrogen and oxygen atoms in total. The van der Waals surface area contributed by atoms with Gasteiger partial charge in [-0.1, -0.05) is 30.0 Å². The van der Waals surface area contributed by atoms with E-state index in [9.17, 15) is 4.79 Å². The van der Waals surface area contributed by atoms with Crippen LogP contribution in [0, 0.1) is 0 Å². The molecule has 0 radical (unpaired) electrons. The lowest BCUT2D eigenvalue weighted by Crippen LogP contribution is -2.15. The lowest BCUT2D eigenvalue weighted by Gasteiger charge is -2.12. The highest BCUT2D eigenvalue weighted by atomic mass is 32.2. The summed E-state index contributed by atoms with van der Waals surface area (Å²) < 4.78 is 7.24. The minimum atomic E-state index is -0.315. The van der Waals surface area contributed by atoms with E-state index in [2.05, 4.69) is 20.2 Å². The van der Waals surface area contributed by atoms with Crippen molar-refractivity contribution in [1.82, 2.24) is 24.7 Å². The fourth-order valence-electron chi connectivity index (χ4n) is 3.18. The van der Waals surface area contributed by atoms with Crippen molar-refractivity contribution in [3.05, 3.63) is 60.6 Å². The summed E-state index contributed by atoms with van der Waals surface area (Å²) in [6.07, 6.45) is 5.23. The third kappa shape index (κ3) is 3.94. The number of carbonyl (C=O) groups excluding carboxylic acids is 1. The standard InChI is InChI=1S/C21H21N5O2S/c1-14(19(27)17-13-23-18-6-4-3-5-16(17)18)29-21-25-24-20(26(21)11-12-28-2)15-7-9-22-10-8-15/h3-10,13-14,23H,11-12H2,1-2H3/t14-/m0/s1. The Balaban J connectivity index is 1.61. The highest BCUT2D eigenvalue weighted by Gasteiger charge is 2.23. The van der Waals surface area contributed by atoms with Gasteiger partial charge in [-0.25, -0.2) is 0 Å². The first-order valence-electron chi connectivity index (χ1n) is 9.28. The maximum absolute atomic E-state index is 13.1. The van der Waals surface area contributed by atoms with Crippen molar-refractivity contribution in [1.29, 1.82) is 0 Å². The summed E-state index contributed by atoms with van der Waals surface area (Å²) in [6.45, 7) is 3.02. The second-order valence-corrected chi connectivity index (χ2v) is 7.87. The summed E-state index contributed by atoms with van der Waals surface area (Å²) >= 11 is 1.41. The van der Waals surface area contributed by atoms with Gasteiger partial charge in [-0.2, -0.15) is 0 Å². The maximum Gasteiger partial charge on any atom is 0.192 e. The Labute approximate surface area is 172 Å². The summed E-state index contributed by atoms with van der Waals surface area (Å²) in [7, 11) is 1.66. The van der Waals surface area contributed by atoms with Gasteiger partial charge in [0, 0.05) is 47.7 Å². The number of ether oxygens (including phenoxy) is 1. The summed E-state index contributed by atoms with van der Waals surface area (Å²) in [5.41, 5.74) is 2.57. The number of thioether (sulfide) groups is 1. The number of benzene rings is 1. The van der Waals surface area contributed by atoms with Crippen molar-refractivity contribution < 1.29 is 9.53 Å². The van der Waals surface area contributed by atoms with E-state index in [4.69, 9.17) is 4.74 Å². The SMILES string of the molecule is COCCn1c(S[C@@H](C)C(=O)c2c[nH]c3ccccc23)nnc1-c1ccncc1. The van der Waals surface area contributed by atoms with Crippen molar-refractivity contribution in [3.63, 3.8) is 0 Å². The Morgan fingerprint density at radius 1 is 1.21 bits per heavy atom. The Bertz CT molecular complexity index is 1120. The molecule has 148 valence electrons. The highest BCUT2D eigenvalue weighted by molar-refractivity contribution is 8.00. The van der Waals surface area contributed by atoms with Crippen LogP contribution in [0.3, 0.4) is 0 Å². The van der Waals surface area contributed by atoms with Crippen molar-refractivity contribution >= 4 is 28.4 Å². The first kappa shape index (κ1) is 19.4. The Morgan fingerprint density at radius 3 is 2.79 bits per heavy atom.